The van der Waals surface area contributed by atoms with Crippen molar-refractivity contribution < 1.29 is 23.5 Å². The van der Waals surface area contributed by atoms with Crippen LogP contribution in [-0.4, -0.2) is 39.7 Å². The molecule has 2 amide bonds. The minimum absolute atomic E-state index is 0.0619. The quantitative estimate of drug-likeness (QED) is 0.789. The largest absolute Gasteiger partial charge is 0.480 e. The number of halogens is 3. The molecule has 1 unspecified atom stereocenters. The Kier molecular flexibility index (Phi) is 4.48. The topological polar surface area (TPSA) is 69.6 Å². The molecule has 0 saturated carbocycles. The van der Waals surface area contributed by atoms with Gasteiger partial charge < -0.3 is 15.3 Å². The van der Waals surface area contributed by atoms with E-state index in [1.165, 1.54) is 11.8 Å². The fraction of sp³-hybridized carbons (Fsp3) is 0.273. The molecular formula is C11H9BrF2N2O3S. The molecule has 108 valence electrons. The van der Waals surface area contributed by atoms with Crippen molar-refractivity contribution in [2.75, 3.05) is 16.9 Å². The number of nitrogens with one attached hydrogen (secondary N) is 1. The molecule has 1 saturated heterocycles. The third-order valence-corrected chi connectivity index (χ3v) is 4.30. The number of hydrogen-bond acceptors (Lipinski definition) is 3. The molecule has 0 aliphatic carbocycles. The van der Waals surface area contributed by atoms with E-state index in [-0.39, 0.29) is 21.8 Å². The lowest BCUT2D eigenvalue weighted by Gasteiger charge is -2.21. The molecule has 20 heavy (non-hydrogen) atoms. The highest BCUT2D eigenvalue weighted by molar-refractivity contribution is 9.10. The van der Waals surface area contributed by atoms with Gasteiger partial charge in [0.05, 0.1) is 16.0 Å². The Bertz CT molecular complexity index is 573. The van der Waals surface area contributed by atoms with Gasteiger partial charge in [0, 0.05) is 11.8 Å². The molecule has 0 radical (unpaired) electrons. The number of amides is 2. The van der Waals surface area contributed by atoms with Crippen molar-refractivity contribution in [3.63, 3.8) is 0 Å². The van der Waals surface area contributed by atoms with Crippen LogP contribution in [0.1, 0.15) is 0 Å². The summed E-state index contributed by atoms with van der Waals surface area (Å²) in [6, 6.07) is -0.0272. The second-order valence-electron chi connectivity index (χ2n) is 4.00. The summed E-state index contributed by atoms with van der Waals surface area (Å²) in [6.07, 6.45) is 0. The van der Waals surface area contributed by atoms with Crippen molar-refractivity contribution in [1.82, 2.24) is 4.90 Å². The summed E-state index contributed by atoms with van der Waals surface area (Å²) in [6.45, 7) is 0. The van der Waals surface area contributed by atoms with E-state index < -0.39 is 29.7 Å². The average molecular weight is 367 g/mol. The number of urea groups is 1. The third kappa shape index (κ3) is 3.04. The summed E-state index contributed by atoms with van der Waals surface area (Å²) in [5.41, 5.74) is -0.336. The Labute approximate surface area is 125 Å². The maximum absolute atomic E-state index is 13.6. The third-order valence-electron chi connectivity index (χ3n) is 2.68. The average Bonchev–Trinajstić information content (AvgIpc) is 2.85. The van der Waals surface area contributed by atoms with Gasteiger partial charge >= 0.3 is 12.0 Å². The number of thioether (sulfide) groups is 1. The van der Waals surface area contributed by atoms with Crippen molar-refractivity contribution in [1.29, 1.82) is 0 Å². The Morgan fingerprint density at radius 1 is 1.40 bits per heavy atom. The number of carboxylic acid groups (broad SMARTS) is 1. The molecule has 1 fully saturated rings. The maximum atomic E-state index is 13.6. The number of hydrogen-bond donors (Lipinski definition) is 2. The molecule has 1 aromatic rings. The zero-order chi connectivity index (χ0) is 14.9. The summed E-state index contributed by atoms with van der Waals surface area (Å²) in [7, 11) is 0. The van der Waals surface area contributed by atoms with Crippen molar-refractivity contribution >= 4 is 45.4 Å². The molecule has 9 heteroatoms. The van der Waals surface area contributed by atoms with Crippen LogP contribution in [-0.2, 0) is 4.79 Å². The number of nitrogens with zero attached hydrogens (tertiary/aromatic N) is 1. The normalized spacial score (nSPS) is 18.1. The van der Waals surface area contributed by atoms with E-state index in [9.17, 15) is 18.4 Å². The van der Waals surface area contributed by atoms with E-state index in [0.717, 1.165) is 17.0 Å². The molecule has 1 heterocycles. The number of carboxylic acids is 1. The SMILES string of the molecule is O=C(O)C1CSCN1C(=O)Nc1cc(F)c(Br)cc1F. The first-order valence-electron chi connectivity index (χ1n) is 5.43. The van der Waals surface area contributed by atoms with Crippen molar-refractivity contribution in [2.45, 2.75) is 6.04 Å². The summed E-state index contributed by atoms with van der Waals surface area (Å²) in [4.78, 5) is 23.9. The predicted molar refractivity (Wildman–Crippen MR) is 73.7 cm³/mol. The van der Waals surface area contributed by atoms with Gasteiger partial charge in [-0.1, -0.05) is 0 Å². The molecule has 5 nitrogen and oxygen atoms in total. The van der Waals surface area contributed by atoms with Crippen LogP contribution in [0.4, 0.5) is 19.3 Å². The number of anilines is 1. The lowest BCUT2D eigenvalue weighted by molar-refractivity contribution is -0.140. The first-order chi connectivity index (χ1) is 9.40. The van der Waals surface area contributed by atoms with Crippen LogP contribution in [0.25, 0.3) is 0 Å². The van der Waals surface area contributed by atoms with Crippen LogP contribution >= 0.6 is 27.7 Å². The van der Waals surface area contributed by atoms with E-state index in [0.29, 0.717) is 0 Å². The number of carbonyl (C=O) groups is 2. The summed E-state index contributed by atoms with van der Waals surface area (Å²) in [5.74, 6) is -2.23. The molecule has 1 aliphatic heterocycles. The van der Waals surface area contributed by atoms with E-state index >= 15 is 0 Å². The zero-order valence-corrected chi connectivity index (χ0v) is 12.3. The summed E-state index contributed by atoms with van der Waals surface area (Å²) in [5, 5.41) is 11.1. The van der Waals surface area contributed by atoms with Crippen molar-refractivity contribution in [3.8, 4) is 0 Å². The van der Waals surface area contributed by atoms with Crippen LogP contribution in [0, 0.1) is 11.6 Å². The molecule has 0 aromatic heterocycles. The Hall–Kier alpha value is -1.35. The Morgan fingerprint density at radius 2 is 2.10 bits per heavy atom. The van der Waals surface area contributed by atoms with Gasteiger partial charge in [0.2, 0.25) is 0 Å². The maximum Gasteiger partial charge on any atom is 0.327 e. The van der Waals surface area contributed by atoms with Crippen molar-refractivity contribution in [3.05, 3.63) is 28.2 Å². The minimum Gasteiger partial charge on any atom is -0.480 e. The number of benzene rings is 1. The zero-order valence-electron chi connectivity index (χ0n) is 9.90. The first-order valence-corrected chi connectivity index (χ1v) is 7.37. The number of carbonyl (C=O) groups excluding carboxylic acids is 1. The summed E-state index contributed by atoms with van der Waals surface area (Å²) < 4.78 is 26.8. The second-order valence-corrected chi connectivity index (χ2v) is 5.85. The van der Waals surface area contributed by atoms with E-state index in [2.05, 4.69) is 21.2 Å². The van der Waals surface area contributed by atoms with Gasteiger partial charge in [-0.3, -0.25) is 0 Å². The van der Waals surface area contributed by atoms with Crippen LogP contribution < -0.4 is 5.32 Å². The van der Waals surface area contributed by atoms with Gasteiger partial charge in [0.1, 0.15) is 17.7 Å². The van der Waals surface area contributed by atoms with Gasteiger partial charge in [-0.15, -0.1) is 11.8 Å². The highest BCUT2D eigenvalue weighted by atomic mass is 79.9. The summed E-state index contributed by atoms with van der Waals surface area (Å²) >= 11 is 4.10. The fourth-order valence-electron chi connectivity index (χ4n) is 1.65. The van der Waals surface area contributed by atoms with Gasteiger partial charge in [0.25, 0.3) is 0 Å². The Morgan fingerprint density at radius 3 is 2.75 bits per heavy atom. The molecule has 1 atom stereocenters. The lowest BCUT2D eigenvalue weighted by atomic mass is 10.3. The van der Waals surface area contributed by atoms with Crippen LogP contribution in [0.15, 0.2) is 16.6 Å². The van der Waals surface area contributed by atoms with Crippen molar-refractivity contribution in [2.24, 2.45) is 0 Å². The van der Waals surface area contributed by atoms with Gasteiger partial charge in [-0.05, 0) is 22.0 Å². The second kappa shape index (κ2) is 5.96. The number of rotatable bonds is 2. The lowest BCUT2D eigenvalue weighted by Crippen LogP contribution is -2.44. The molecule has 1 aromatic carbocycles. The highest BCUT2D eigenvalue weighted by Crippen LogP contribution is 2.26. The van der Waals surface area contributed by atoms with E-state index in [1.54, 1.807) is 0 Å². The molecule has 0 bridgehead atoms. The molecule has 2 rings (SSSR count). The van der Waals surface area contributed by atoms with Crippen LogP contribution in [0.2, 0.25) is 0 Å². The fourth-order valence-corrected chi connectivity index (χ4v) is 3.11. The Balaban J connectivity index is 2.16. The number of aliphatic carboxylic acids is 1. The predicted octanol–water partition coefficient (Wildman–Crippen LogP) is 2.72. The highest BCUT2D eigenvalue weighted by Gasteiger charge is 2.34. The molecule has 0 spiro atoms. The van der Waals surface area contributed by atoms with Crippen LogP contribution in [0.5, 0.6) is 0 Å². The van der Waals surface area contributed by atoms with E-state index in [4.69, 9.17) is 5.11 Å². The van der Waals surface area contributed by atoms with Gasteiger partial charge in [-0.25, -0.2) is 18.4 Å². The first kappa shape index (κ1) is 15.0. The monoisotopic (exact) mass is 366 g/mol. The van der Waals surface area contributed by atoms with Gasteiger partial charge in [-0.2, -0.15) is 0 Å². The molecule has 2 N–H and O–H groups in total. The van der Waals surface area contributed by atoms with E-state index in [1.807, 2.05) is 0 Å². The molecular weight excluding hydrogens is 358 g/mol. The smallest absolute Gasteiger partial charge is 0.327 e. The standard InChI is InChI=1S/C11H9BrF2N2O3S/c12-5-1-7(14)8(2-6(5)13)15-11(19)16-4-20-3-9(16)10(17)18/h1-2,9H,3-4H2,(H,15,19)(H,17,18). The van der Waals surface area contributed by atoms with Gasteiger partial charge in [0.15, 0.2) is 0 Å². The minimum atomic E-state index is -1.13. The van der Waals surface area contributed by atoms with Crippen LogP contribution in [0.3, 0.4) is 0 Å². The molecule has 1 aliphatic rings.